The topological polar surface area (TPSA) is 21.1 Å². The van der Waals surface area contributed by atoms with E-state index in [9.17, 15) is 0 Å². The number of nitrogens with zero attached hydrogens (tertiary/aromatic N) is 3. The second-order valence-corrected chi connectivity index (χ2v) is 5.39. The molecule has 0 aliphatic carbocycles. The van der Waals surface area contributed by atoms with Gasteiger partial charge in [0.25, 0.3) is 0 Å². The van der Waals surface area contributed by atoms with Crippen LogP contribution < -0.4 is 4.90 Å². The summed E-state index contributed by atoms with van der Waals surface area (Å²) in [6, 6.07) is 4.28. The summed E-state index contributed by atoms with van der Waals surface area (Å²) in [5.41, 5.74) is 2.17. The number of piperidine rings is 1. The number of hydrogen-bond donors (Lipinski definition) is 1. The zero-order chi connectivity index (χ0) is 11.8. The maximum atomic E-state index is 4.49. The first-order chi connectivity index (χ1) is 8.24. The molecule has 0 bridgehead atoms. The Bertz CT molecular complexity index is 534. The van der Waals surface area contributed by atoms with Crippen LogP contribution >= 0.6 is 12.8 Å². The van der Waals surface area contributed by atoms with Crippen LogP contribution in [0.25, 0.3) is 11.0 Å². The summed E-state index contributed by atoms with van der Waals surface area (Å²) < 4.78 is 1.76. The predicted octanol–water partition coefficient (Wildman–Crippen LogP) is 2.97. The van der Waals surface area contributed by atoms with Gasteiger partial charge < -0.3 is 4.90 Å². The van der Waals surface area contributed by atoms with Crippen molar-refractivity contribution >= 4 is 29.5 Å². The number of rotatable bonds is 1. The molecule has 17 heavy (non-hydrogen) atoms. The highest BCUT2D eigenvalue weighted by Crippen LogP contribution is 2.25. The van der Waals surface area contributed by atoms with Crippen LogP contribution in [-0.4, -0.2) is 22.0 Å². The second kappa shape index (κ2) is 4.26. The Morgan fingerprint density at radius 3 is 3.18 bits per heavy atom. The van der Waals surface area contributed by atoms with Crippen LogP contribution in [0, 0.1) is 5.92 Å². The highest BCUT2D eigenvalue weighted by atomic mass is 32.1. The van der Waals surface area contributed by atoms with E-state index in [2.05, 4.69) is 41.8 Å². The summed E-state index contributed by atoms with van der Waals surface area (Å²) in [5, 5.41) is 1.16. The lowest BCUT2D eigenvalue weighted by atomic mass is 10.00. The van der Waals surface area contributed by atoms with Gasteiger partial charge in [0, 0.05) is 24.7 Å². The highest BCUT2D eigenvalue weighted by molar-refractivity contribution is 7.78. The summed E-state index contributed by atoms with van der Waals surface area (Å²) >= 11 is 4.32. The Morgan fingerprint density at radius 1 is 1.47 bits per heavy atom. The smallest absolute Gasteiger partial charge is 0.149 e. The molecule has 1 atom stereocenters. The molecule has 0 radical (unpaired) electrons. The zero-order valence-corrected chi connectivity index (χ0v) is 10.9. The Morgan fingerprint density at radius 2 is 2.35 bits per heavy atom. The lowest BCUT2D eigenvalue weighted by molar-refractivity contribution is 0.446. The standard InChI is InChI=1S/C13H17N3S/c1-10-3-2-5-15(9-10)12-7-11-4-6-16(17)13(11)14-8-12/h4,6-8,10,17H,2-3,5,9H2,1H3. The SMILES string of the molecule is CC1CCCN(c2cnc3c(ccn3S)c2)C1. The van der Waals surface area contributed by atoms with E-state index in [0.29, 0.717) is 0 Å². The molecule has 3 nitrogen and oxygen atoms in total. The number of fused-ring (bicyclic) bond motifs is 1. The molecular formula is C13H17N3S. The molecule has 3 heterocycles. The molecule has 90 valence electrons. The molecule has 2 aromatic rings. The van der Waals surface area contributed by atoms with Crippen molar-refractivity contribution < 1.29 is 0 Å². The molecule has 1 aliphatic rings. The van der Waals surface area contributed by atoms with Crippen molar-refractivity contribution in [3.05, 3.63) is 24.5 Å². The first-order valence-corrected chi connectivity index (χ1v) is 6.55. The van der Waals surface area contributed by atoms with Gasteiger partial charge in [-0.25, -0.2) is 4.98 Å². The third kappa shape index (κ3) is 2.02. The highest BCUT2D eigenvalue weighted by Gasteiger charge is 2.17. The molecule has 0 saturated carbocycles. The monoisotopic (exact) mass is 247 g/mol. The van der Waals surface area contributed by atoms with Crippen LogP contribution in [0.2, 0.25) is 0 Å². The third-order valence-corrected chi connectivity index (χ3v) is 3.84. The Kier molecular flexibility index (Phi) is 2.74. The van der Waals surface area contributed by atoms with Crippen LogP contribution in [-0.2, 0) is 0 Å². The maximum absolute atomic E-state index is 4.49. The van der Waals surface area contributed by atoms with E-state index < -0.39 is 0 Å². The minimum absolute atomic E-state index is 0.786. The summed E-state index contributed by atoms with van der Waals surface area (Å²) in [6.45, 7) is 4.62. The minimum atomic E-state index is 0.786. The van der Waals surface area contributed by atoms with Gasteiger partial charge in [-0.2, -0.15) is 0 Å². The van der Waals surface area contributed by atoms with E-state index in [1.165, 1.54) is 18.5 Å². The Labute approximate surface area is 107 Å². The van der Waals surface area contributed by atoms with Crippen LogP contribution in [0.5, 0.6) is 0 Å². The molecule has 3 rings (SSSR count). The van der Waals surface area contributed by atoms with Gasteiger partial charge in [0.15, 0.2) is 0 Å². The van der Waals surface area contributed by atoms with Gasteiger partial charge >= 0.3 is 0 Å². The predicted molar refractivity (Wildman–Crippen MR) is 74.7 cm³/mol. The summed E-state index contributed by atoms with van der Waals surface area (Å²) in [7, 11) is 0. The van der Waals surface area contributed by atoms with Crippen molar-refractivity contribution in [2.45, 2.75) is 19.8 Å². The quantitative estimate of drug-likeness (QED) is 0.782. The summed E-state index contributed by atoms with van der Waals surface area (Å²) in [6.07, 6.45) is 6.53. The van der Waals surface area contributed by atoms with Crippen molar-refractivity contribution in [1.82, 2.24) is 8.96 Å². The number of anilines is 1. The van der Waals surface area contributed by atoms with Gasteiger partial charge in [-0.05, 0) is 30.9 Å². The normalized spacial score (nSPS) is 21.1. The van der Waals surface area contributed by atoms with E-state index in [1.807, 2.05) is 12.4 Å². The summed E-state index contributed by atoms with van der Waals surface area (Å²) in [4.78, 5) is 6.93. The Hall–Kier alpha value is -1.16. The lowest BCUT2D eigenvalue weighted by Gasteiger charge is -2.32. The third-order valence-electron chi connectivity index (χ3n) is 3.52. The number of pyridine rings is 1. The van der Waals surface area contributed by atoms with Gasteiger partial charge in [-0.3, -0.25) is 3.97 Å². The average Bonchev–Trinajstić information content (AvgIpc) is 2.71. The van der Waals surface area contributed by atoms with Gasteiger partial charge in [0.05, 0.1) is 11.9 Å². The molecule has 4 heteroatoms. The molecule has 0 N–H and O–H groups in total. The fraction of sp³-hybridized carbons (Fsp3) is 0.462. The Balaban J connectivity index is 1.94. The van der Waals surface area contributed by atoms with Gasteiger partial charge in [-0.15, -0.1) is 0 Å². The van der Waals surface area contributed by atoms with Crippen LogP contribution in [0.3, 0.4) is 0 Å². The average molecular weight is 247 g/mol. The fourth-order valence-electron chi connectivity index (χ4n) is 2.60. The van der Waals surface area contributed by atoms with Crippen molar-refractivity contribution in [3.8, 4) is 0 Å². The summed E-state index contributed by atoms with van der Waals surface area (Å²) in [5.74, 6) is 0.786. The molecule has 1 fully saturated rings. The van der Waals surface area contributed by atoms with Crippen molar-refractivity contribution in [2.24, 2.45) is 5.92 Å². The molecule has 1 saturated heterocycles. The van der Waals surface area contributed by atoms with Gasteiger partial charge in [0.2, 0.25) is 0 Å². The molecule has 1 unspecified atom stereocenters. The van der Waals surface area contributed by atoms with Crippen molar-refractivity contribution in [2.75, 3.05) is 18.0 Å². The number of hydrogen-bond acceptors (Lipinski definition) is 3. The second-order valence-electron chi connectivity index (χ2n) is 4.96. The molecule has 2 aromatic heterocycles. The van der Waals surface area contributed by atoms with E-state index in [0.717, 1.165) is 30.0 Å². The maximum Gasteiger partial charge on any atom is 0.149 e. The fourth-order valence-corrected chi connectivity index (χ4v) is 2.83. The molecular weight excluding hydrogens is 230 g/mol. The van der Waals surface area contributed by atoms with E-state index in [1.54, 1.807) is 3.97 Å². The van der Waals surface area contributed by atoms with Crippen LogP contribution in [0.1, 0.15) is 19.8 Å². The van der Waals surface area contributed by atoms with Crippen LogP contribution in [0.4, 0.5) is 5.69 Å². The molecule has 0 spiro atoms. The lowest BCUT2D eigenvalue weighted by Crippen LogP contribution is -2.34. The van der Waals surface area contributed by atoms with Gasteiger partial charge in [0.1, 0.15) is 5.65 Å². The minimum Gasteiger partial charge on any atom is -0.370 e. The molecule has 0 amide bonds. The number of thiol groups is 1. The van der Waals surface area contributed by atoms with E-state index >= 15 is 0 Å². The van der Waals surface area contributed by atoms with E-state index in [4.69, 9.17) is 0 Å². The first kappa shape index (κ1) is 11.0. The first-order valence-electron chi connectivity index (χ1n) is 6.15. The van der Waals surface area contributed by atoms with E-state index in [-0.39, 0.29) is 0 Å². The number of aromatic nitrogens is 2. The zero-order valence-electron chi connectivity index (χ0n) is 10.0. The molecule has 1 aliphatic heterocycles. The van der Waals surface area contributed by atoms with Crippen LogP contribution in [0.15, 0.2) is 24.5 Å². The molecule has 0 aromatic carbocycles. The van der Waals surface area contributed by atoms with Crippen molar-refractivity contribution in [1.29, 1.82) is 0 Å². The largest absolute Gasteiger partial charge is 0.370 e. The van der Waals surface area contributed by atoms with Gasteiger partial charge in [-0.1, -0.05) is 19.7 Å². The van der Waals surface area contributed by atoms with Crippen molar-refractivity contribution in [3.63, 3.8) is 0 Å².